The fourth-order valence-corrected chi connectivity index (χ4v) is 3.10. The highest BCUT2D eigenvalue weighted by Crippen LogP contribution is 2.26. The molecule has 156 valence electrons. The smallest absolute Gasteiger partial charge is 0.270 e. The number of halogens is 2. The second-order valence-corrected chi connectivity index (χ2v) is 7.40. The molecule has 7 heteroatoms. The largest absolute Gasteiger partial charge is 0.381 e. The number of rotatable bonds is 8. The Labute approximate surface area is 169 Å². The van der Waals surface area contributed by atoms with Gasteiger partial charge in [-0.2, -0.15) is 0 Å². The number of hydrogen-bond acceptors (Lipinski definition) is 4. The highest BCUT2D eigenvalue weighted by atomic mass is 19.3. The molecule has 1 aromatic carbocycles. The van der Waals surface area contributed by atoms with Gasteiger partial charge in [-0.05, 0) is 36.0 Å². The van der Waals surface area contributed by atoms with Gasteiger partial charge >= 0.3 is 0 Å². The van der Waals surface area contributed by atoms with Gasteiger partial charge in [0.2, 0.25) is 0 Å². The molecule has 5 nitrogen and oxygen atoms in total. The Morgan fingerprint density at radius 3 is 2.41 bits per heavy atom. The van der Waals surface area contributed by atoms with Gasteiger partial charge in [-0.15, -0.1) is 0 Å². The number of carbonyl (C=O) groups is 1. The molecule has 1 aromatic heterocycles. The van der Waals surface area contributed by atoms with Gasteiger partial charge in [-0.3, -0.25) is 9.78 Å². The van der Waals surface area contributed by atoms with Gasteiger partial charge in [-0.1, -0.05) is 30.3 Å². The zero-order chi connectivity index (χ0) is 20.7. The quantitative estimate of drug-likeness (QED) is 0.721. The Kier molecular flexibility index (Phi) is 7.28. The summed E-state index contributed by atoms with van der Waals surface area (Å²) in [6, 6.07) is 9.57. The molecular formula is C22H26F2N2O3. The van der Waals surface area contributed by atoms with Crippen LogP contribution in [0, 0.1) is 5.92 Å². The molecular weight excluding hydrogens is 378 g/mol. The topological polar surface area (TPSA) is 60.5 Å². The standard InChI is InChI=1S/C22H26F2N2O3/c1-22(23,24)19-5-2-17(3-6-19)14-29-15-18-4-7-20(25-13-18)21(27)26-12-16-8-10-28-11-9-16/h2-7,13,16H,8-12,14-15H2,1H3,(H,26,27). The zero-order valence-corrected chi connectivity index (χ0v) is 16.5. The number of hydrogen-bond donors (Lipinski definition) is 1. The van der Waals surface area contributed by atoms with Gasteiger partial charge in [0.25, 0.3) is 11.8 Å². The molecule has 1 aliphatic heterocycles. The third-order valence-electron chi connectivity index (χ3n) is 4.95. The molecule has 0 aliphatic carbocycles. The summed E-state index contributed by atoms with van der Waals surface area (Å²) in [5.41, 5.74) is 2.01. The lowest BCUT2D eigenvalue weighted by atomic mass is 10.0. The van der Waals surface area contributed by atoms with E-state index in [0.717, 1.165) is 44.1 Å². The number of aromatic nitrogens is 1. The third kappa shape index (κ3) is 6.58. The minimum absolute atomic E-state index is 0.0175. The maximum Gasteiger partial charge on any atom is 0.270 e. The van der Waals surface area contributed by atoms with E-state index in [-0.39, 0.29) is 11.5 Å². The Hall–Kier alpha value is -2.38. The third-order valence-corrected chi connectivity index (χ3v) is 4.95. The van der Waals surface area contributed by atoms with Gasteiger partial charge in [0.05, 0.1) is 13.2 Å². The van der Waals surface area contributed by atoms with Crippen molar-refractivity contribution in [2.75, 3.05) is 19.8 Å². The molecule has 0 atom stereocenters. The monoisotopic (exact) mass is 404 g/mol. The molecule has 0 spiro atoms. The van der Waals surface area contributed by atoms with Crippen LogP contribution in [0.5, 0.6) is 0 Å². The Morgan fingerprint density at radius 2 is 1.79 bits per heavy atom. The predicted octanol–water partition coefficient (Wildman–Crippen LogP) is 4.07. The van der Waals surface area contributed by atoms with Crippen LogP contribution in [-0.2, 0) is 28.6 Å². The number of pyridine rings is 1. The lowest BCUT2D eigenvalue weighted by Gasteiger charge is -2.22. The van der Waals surface area contributed by atoms with Gasteiger partial charge < -0.3 is 14.8 Å². The van der Waals surface area contributed by atoms with Crippen LogP contribution in [-0.4, -0.2) is 30.6 Å². The number of alkyl halides is 2. The summed E-state index contributed by atoms with van der Waals surface area (Å²) in [7, 11) is 0. The fraction of sp³-hybridized carbons (Fsp3) is 0.455. The molecule has 0 unspecified atom stereocenters. The van der Waals surface area contributed by atoms with Crippen LogP contribution in [0.4, 0.5) is 8.78 Å². The summed E-state index contributed by atoms with van der Waals surface area (Å²) in [6.07, 6.45) is 3.55. The van der Waals surface area contributed by atoms with Crippen molar-refractivity contribution in [2.45, 2.75) is 38.9 Å². The van der Waals surface area contributed by atoms with E-state index in [4.69, 9.17) is 9.47 Å². The Morgan fingerprint density at radius 1 is 1.14 bits per heavy atom. The summed E-state index contributed by atoms with van der Waals surface area (Å²) < 4.78 is 37.4. The number of ether oxygens (including phenoxy) is 2. The van der Waals surface area contributed by atoms with Gasteiger partial charge in [0.15, 0.2) is 0 Å². The van der Waals surface area contributed by atoms with Crippen LogP contribution in [0.1, 0.15) is 46.9 Å². The summed E-state index contributed by atoms with van der Waals surface area (Å²) in [5, 5.41) is 2.93. The second-order valence-electron chi connectivity index (χ2n) is 7.40. The summed E-state index contributed by atoms with van der Waals surface area (Å²) >= 11 is 0. The van der Waals surface area contributed by atoms with E-state index in [1.807, 2.05) is 0 Å². The minimum atomic E-state index is -2.84. The number of carbonyl (C=O) groups excluding carboxylic acids is 1. The van der Waals surface area contributed by atoms with Crippen molar-refractivity contribution in [1.29, 1.82) is 0 Å². The predicted molar refractivity (Wildman–Crippen MR) is 105 cm³/mol. The first-order valence-corrected chi connectivity index (χ1v) is 9.77. The molecule has 1 N–H and O–H groups in total. The van der Waals surface area contributed by atoms with E-state index in [0.29, 0.717) is 31.4 Å². The summed E-state index contributed by atoms with van der Waals surface area (Å²) in [6.45, 7) is 3.65. The number of benzene rings is 1. The summed E-state index contributed by atoms with van der Waals surface area (Å²) in [5.74, 6) is -2.57. The lowest BCUT2D eigenvalue weighted by Crippen LogP contribution is -2.32. The van der Waals surface area contributed by atoms with Gasteiger partial charge in [-0.25, -0.2) is 8.78 Å². The van der Waals surface area contributed by atoms with Crippen molar-refractivity contribution >= 4 is 5.91 Å². The molecule has 2 aromatic rings. The van der Waals surface area contributed by atoms with E-state index in [1.165, 1.54) is 12.1 Å². The first-order valence-electron chi connectivity index (χ1n) is 9.77. The molecule has 0 bridgehead atoms. The summed E-state index contributed by atoms with van der Waals surface area (Å²) in [4.78, 5) is 16.4. The first-order chi connectivity index (χ1) is 13.9. The normalized spacial score (nSPS) is 15.3. The molecule has 0 radical (unpaired) electrons. The average molecular weight is 404 g/mol. The average Bonchev–Trinajstić information content (AvgIpc) is 2.73. The van der Waals surface area contributed by atoms with Crippen molar-refractivity contribution in [3.63, 3.8) is 0 Å². The molecule has 1 saturated heterocycles. The molecule has 29 heavy (non-hydrogen) atoms. The highest BCUT2D eigenvalue weighted by Gasteiger charge is 2.23. The number of nitrogens with zero attached hydrogens (tertiary/aromatic N) is 1. The molecule has 1 amide bonds. The lowest BCUT2D eigenvalue weighted by molar-refractivity contribution is 0.0174. The Balaban J connectivity index is 1.42. The van der Waals surface area contributed by atoms with Crippen LogP contribution >= 0.6 is 0 Å². The van der Waals surface area contributed by atoms with Gasteiger partial charge in [0.1, 0.15) is 5.69 Å². The maximum absolute atomic E-state index is 13.2. The van der Waals surface area contributed by atoms with Crippen molar-refractivity contribution in [3.8, 4) is 0 Å². The van der Waals surface area contributed by atoms with Crippen LogP contribution < -0.4 is 5.32 Å². The maximum atomic E-state index is 13.2. The molecule has 1 aliphatic rings. The second kappa shape index (κ2) is 9.89. The van der Waals surface area contributed by atoms with E-state index in [9.17, 15) is 13.6 Å². The van der Waals surface area contributed by atoms with Crippen LogP contribution in [0.25, 0.3) is 0 Å². The van der Waals surface area contributed by atoms with Crippen molar-refractivity contribution in [1.82, 2.24) is 10.3 Å². The Bertz CT molecular complexity index is 783. The molecule has 0 saturated carbocycles. The fourth-order valence-electron chi connectivity index (χ4n) is 3.10. The molecule has 1 fully saturated rings. The van der Waals surface area contributed by atoms with Crippen LogP contribution in [0.2, 0.25) is 0 Å². The van der Waals surface area contributed by atoms with Crippen LogP contribution in [0.15, 0.2) is 42.6 Å². The van der Waals surface area contributed by atoms with Crippen molar-refractivity contribution in [2.24, 2.45) is 5.92 Å². The van der Waals surface area contributed by atoms with Crippen molar-refractivity contribution in [3.05, 3.63) is 65.0 Å². The minimum Gasteiger partial charge on any atom is -0.381 e. The highest BCUT2D eigenvalue weighted by molar-refractivity contribution is 5.92. The van der Waals surface area contributed by atoms with Gasteiger partial charge in [0, 0.05) is 38.4 Å². The zero-order valence-electron chi connectivity index (χ0n) is 16.5. The molecule has 2 heterocycles. The van der Waals surface area contributed by atoms with Crippen molar-refractivity contribution < 1.29 is 23.0 Å². The molecule has 3 rings (SSSR count). The van der Waals surface area contributed by atoms with E-state index < -0.39 is 5.92 Å². The first kappa shape index (κ1) is 21.3. The van der Waals surface area contributed by atoms with E-state index in [1.54, 1.807) is 30.5 Å². The van der Waals surface area contributed by atoms with E-state index >= 15 is 0 Å². The number of amides is 1. The SMILES string of the molecule is CC(F)(F)c1ccc(COCc2ccc(C(=O)NCC3CCOCC3)nc2)cc1. The number of nitrogens with one attached hydrogen (secondary N) is 1. The van der Waals surface area contributed by atoms with E-state index in [2.05, 4.69) is 10.3 Å². The van der Waals surface area contributed by atoms with Crippen LogP contribution in [0.3, 0.4) is 0 Å².